The van der Waals surface area contributed by atoms with Gasteiger partial charge < -0.3 is 0 Å². The molecule has 1 amide bonds. The molecule has 1 heterocycles. The molecule has 5 nitrogen and oxygen atoms in total. The zero-order valence-electron chi connectivity index (χ0n) is 24.9. The Morgan fingerprint density at radius 2 is 1.32 bits per heavy atom. The molecule has 0 aliphatic rings. The summed E-state index contributed by atoms with van der Waals surface area (Å²) in [5, 5.41) is 9.08. The average Bonchev–Trinajstić information content (AvgIpc) is 3.40. The van der Waals surface area contributed by atoms with Crippen molar-refractivity contribution in [2.24, 2.45) is 5.10 Å². The molecule has 0 unspecified atom stereocenters. The summed E-state index contributed by atoms with van der Waals surface area (Å²) in [4.78, 5) is 12.3. The summed E-state index contributed by atoms with van der Waals surface area (Å²) < 4.78 is 1.86. The van der Waals surface area contributed by atoms with E-state index in [0.29, 0.717) is 6.42 Å². The number of hydrogen-bond acceptors (Lipinski definition) is 3. The zero-order valence-corrected chi connectivity index (χ0v) is 24.9. The van der Waals surface area contributed by atoms with Gasteiger partial charge in [0.15, 0.2) is 0 Å². The van der Waals surface area contributed by atoms with Gasteiger partial charge in [-0.3, -0.25) is 4.79 Å². The van der Waals surface area contributed by atoms with E-state index in [1.165, 1.54) is 89.0 Å². The lowest BCUT2D eigenvalue weighted by molar-refractivity contribution is -0.121. The molecule has 3 aromatic rings. The molecule has 0 bridgehead atoms. The van der Waals surface area contributed by atoms with Crippen molar-refractivity contribution >= 4 is 12.1 Å². The first-order chi connectivity index (χ1) is 19.7. The molecule has 2 aromatic carbocycles. The molecule has 0 radical (unpaired) electrons. The summed E-state index contributed by atoms with van der Waals surface area (Å²) in [7, 11) is 0. The number of aryl methyl sites for hydroxylation is 1. The number of benzene rings is 2. The molecule has 1 aromatic heterocycles. The number of aromatic nitrogens is 2. The van der Waals surface area contributed by atoms with Gasteiger partial charge in [-0.15, -0.1) is 0 Å². The highest BCUT2D eigenvalue weighted by atomic mass is 16.2. The lowest BCUT2D eigenvalue weighted by Crippen LogP contribution is -2.16. The molecule has 0 atom stereocenters. The van der Waals surface area contributed by atoms with Crippen molar-refractivity contribution in [3.8, 4) is 16.9 Å². The highest BCUT2D eigenvalue weighted by Crippen LogP contribution is 2.23. The van der Waals surface area contributed by atoms with Crippen molar-refractivity contribution in [2.45, 2.75) is 117 Å². The van der Waals surface area contributed by atoms with Gasteiger partial charge in [0.2, 0.25) is 5.91 Å². The number of rotatable bonds is 20. The van der Waals surface area contributed by atoms with Gasteiger partial charge in [-0.2, -0.15) is 10.2 Å². The standard InChI is InChI=1S/C35H50N4O/c1-3-4-5-6-7-8-9-10-11-12-13-14-15-16-20-23-34(40)37-36-28-32-29-39(33-21-18-17-19-22-33)38-35(32)31-26-24-30(2)25-27-31/h17-19,21-22,24-29H,3-16,20,23H2,1-2H3,(H,37,40)/b36-28+. The molecule has 3 rings (SSSR count). The first kappa shape index (κ1) is 31.3. The van der Waals surface area contributed by atoms with Crippen molar-refractivity contribution in [1.82, 2.24) is 15.2 Å². The van der Waals surface area contributed by atoms with Crippen molar-refractivity contribution in [3.63, 3.8) is 0 Å². The van der Waals surface area contributed by atoms with Crippen LogP contribution >= 0.6 is 0 Å². The highest BCUT2D eigenvalue weighted by Gasteiger charge is 2.11. The van der Waals surface area contributed by atoms with Crippen LogP contribution in [0.1, 0.15) is 121 Å². The molecule has 0 saturated carbocycles. The number of para-hydroxylation sites is 1. The van der Waals surface area contributed by atoms with Gasteiger partial charge in [-0.05, 0) is 25.5 Å². The van der Waals surface area contributed by atoms with Crippen molar-refractivity contribution < 1.29 is 4.79 Å². The second-order valence-corrected chi connectivity index (χ2v) is 11.1. The quantitative estimate of drug-likeness (QED) is 0.0878. The largest absolute Gasteiger partial charge is 0.273 e. The topological polar surface area (TPSA) is 59.3 Å². The minimum atomic E-state index is -0.0294. The van der Waals surface area contributed by atoms with E-state index in [-0.39, 0.29) is 5.91 Å². The molecule has 0 aliphatic carbocycles. The third-order valence-electron chi connectivity index (χ3n) is 7.49. The predicted octanol–water partition coefficient (Wildman–Crippen LogP) is 9.56. The van der Waals surface area contributed by atoms with E-state index in [9.17, 15) is 4.79 Å². The van der Waals surface area contributed by atoms with E-state index >= 15 is 0 Å². The Kier molecular flexibility index (Phi) is 14.9. The Morgan fingerprint density at radius 1 is 0.775 bits per heavy atom. The van der Waals surface area contributed by atoms with Crippen LogP contribution in [0, 0.1) is 6.92 Å². The normalized spacial score (nSPS) is 11.3. The van der Waals surface area contributed by atoms with Crippen LogP contribution in [-0.4, -0.2) is 21.9 Å². The first-order valence-electron chi connectivity index (χ1n) is 15.7. The van der Waals surface area contributed by atoms with Crippen LogP contribution < -0.4 is 5.43 Å². The number of hydrogen-bond donors (Lipinski definition) is 1. The van der Waals surface area contributed by atoms with Crippen LogP contribution in [0.25, 0.3) is 16.9 Å². The van der Waals surface area contributed by atoms with Gasteiger partial charge in [0.25, 0.3) is 0 Å². The lowest BCUT2D eigenvalue weighted by Gasteiger charge is -2.03. The minimum Gasteiger partial charge on any atom is -0.273 e. The van der Waals surface area contributed by atoms with Gasteiger partial charge in [-0.25, -0.2) is 10.1 Å². The molecule has 5 heteroatoms. The summed E-state index contributed by atoms with van der Waals surface area (Å²) in [6.45, 7) is 4.35. The van der Waals surface area contributed by atoms with E-state index in [1.54, 1.807) is 6.21 Å². The number of nitrogens with zero attached hydrogens (tertiary/aromatic N) is 3. The number of carbonyl (C=O) groups excluding carboxylic acids is 1. The van der Waals surface area contributed by atoms with Gasteiger partial charge in [0, 0.05) is 23.7 Å². The highest BCUT2D eigenvalue weighted by molar-refractivity contribution is 5.89. The Bertz CT molecular complexity index is 1120. The Hall–Kier alpha value is -3.21. The maximum Gasteiger partial charge on any atom is 0.240 e. The molecule has 40 heavy (non-hydrogen) atoms. The first-order valence-corrected chi connectivity index (χ1v) is 15.7. The SMILES string of the molecule is CCCCCCCCCCCCCCCCCC(=O)N/N=C/c1cn(-c2ccccc2)nc1-c1ccc(C)cc1. The molecular formula is C35H50N4O. The number of nitrogens with one attached hydrogen (secondary N) is 1. The summed E-state index contributed by atoms with van der Waals surface area (Å²) in [5.41, 5.74) is 7.61. The van der Waals surface area contributed by atoms with Crippen molar-refractivity contribution in [3.05, 3.63) is 71.9 Å². The maximum absolute atomic E-state index is 12.3. The van der Waals surface area contributed by atoms with Gasteiger partial charge >= 0.3 is 0 Å². The van der Waals surface area contributed by atoms with Crippen molar-refractivity contribution in [1.29, 1.82) is 0 Å². The Labute approximate surface area is 242 Å². The van der Waals surface area contributed by atoms with E-state index in [2.05, 4.69) is 48.6 Å². The van der Waals surface area contributed by atoms with E-state index in [4.69, 9.17) is 5.10 Å². The van der Waals surface area contributed by atoms with Crippen LogP contribution in [0.15, 0.2) is 65.9 Å². The number of carbonyl (C=O) groups is 1. The molecular weight excluding hydrogens is 492 g/mol. The molecule has 0 aliphatic heterocycles. The van der Waals surface area contributed by atoms with Gasteiger partial charge in [0.05, 0.1) is 11.9 Å². The number of amides is 1. The van der Waals surface area contributed by atoms with Crippen LogP contribution in [0.2, 0.25) is 0 Å². The summed E-state index contributed by atoms with van der Waals surface area (Å²) in [6.07, 6.45) is 24.0. The molecule has 216 valence electrons. The van der Waals surface area contributed by atoms with Crippen LogP contribution in [0.5, 0.6) is 0 Å². The summed E-state index contributed by atoms with van der Waals surface area (Å²) in [5.74, 6) is -0.0294. The van der Waals surface area contributed by atoms with E-state index in [1.807, 2.05) is 41.2 Å². The smallest absolute Gasteiger partial charge is 0.240 e. The second-order valence-electron chi connectivity index (χ2n) is 11.1. The van der Waals surface area contributed by atoms with Gasteiger partial charge in [-0.1, -0.05) is 145 Å². The third-order valence-corrected chi connectivity index (χ3v) is 7.49. The molecule has 0 saturated heterocycles. The zero-order chi connectivity index (χ0) is 28.3. The summed E-state index contributed by atoms with van der Waals surface area (Å²) in [6, 6.07) is 18.3. The molecule has 1 N–H and O–H groups in total. The van der Waals surface area contributed by atoms with Crippen LogP contribution in [-0.2, 0) is 4.79 Å². The van der Waals surface area contributed by atoms with Gasteiger partial charge in [0.1, 0.15) is 5.69 Å². The van der Waals surface area contributed by atoms with Crippen LogP contribution in [0.4, 0.5) is 0 Å². The fraction of sp³-hybridized carbons (Fsp3) is 0.514. The number of unbranched alkanes of at least 4 members (excludes halogenated alkanes) is 14. The Morgan fingerprint density at radius 3 is 1.90 bits per heavy atom. The predicted molar refractivity (Wildman–Crippen MR) is 169 cm³/mol. The molecule has 0 fully saturated rings. The number of hydrazone groups is 1. The van der Waals surface area contributed by atoms with E-state index < -0.39 is 0 Å². The fourth-order valence-electron chi connectivity index (χ4n) is 5.02. The second kappa shape index (κ2) is 19.0. The van der Waals surface area contributed by atoms with Crippen molar-refractivity contribution in [2.75, 3.05) is 0 Å². The van der Waals surface area contributed by atoms with Crippen LogP contribution in [0.3, 0.4) is 0 Å². The monoisotopic (exact) mass is 542 g/mol. The minimum absolute atomic E-state index is 0.0294. The third kappa shape index (κ3) is 11.9. The fourth-order valence-corrected chi connectivity index (χ4v) is 5.02. The summed E-state index contributed by atoms with van der Waals surface area (Å²) >= 11 is 0. The lowest BCUT2D eigenvalue weighted by atomic mass is 10.0. The van der Waals surface area contributed by atoms with E-state index in [0.717, 1.165) is 35.3 Å². The Balaban J connectivity index is 1.31. The maximum atomic E-state index is 12.3. The average molecular weight is 543 g/mol. The molecule has 0 spiro atoms.